The van der Waals surface area contributed by atoms with Gasteiger partial charge in [0, 0.05) is 11.1 Å². The zero-order valence-electron chi connectivity index (χ0n) is 19.5. The molecule has 4 rings (SSSR count). The molecule has 4 aromatic rings. The number of benzene rings is 3. The van der Waals surface area contributed by atoms with Crippen molar-refractivity contribution in [3.8, 4) is 5.75 Å². The van der Waals surface area contributed by atoms with E-state index in [2.05, 4.69) is 20.3 Å². The Bertz CT molecular complexity index is 1390. The highest BCUT2D eigenvalue weighted by Gasteiger charge is 2.24. The van der Waals surface area contributed by atoms with Crippen molar-refractivity contribution < 1.29 is 14.3 Å². The Balaban J connectivity index is 1.75. The van der Waals surface area contributed by atoms with Crippen molar-refractivity contribution in [3.05, 3.63) is 95.1 Å². The van der Waals surface area contributed by atoms with Gasteiger partial charge in [0.15, 0.2) is 0 Å². The first-order chi connectivity index (χ1) is 16.8. The molecule has 3 aromatic carbocycles. The molecule has 1 heterocycles. The highest BCUT2D eigenvalue weighted by atomic mass is 16.5. The molecular weight excluding hydrogens is 444 g/mol. The summed E-state index contributed by atoms with van der Waals surface area (Å²) in [5.41, 5.74) is 9.17. The number of nitrogens with zero attached hydrogens (tertiary/aromatic N) is 4. The van der Waals surface area contributed by atoms with Crippen LogP contribution >= 0.6 is 0 Å². The monoisotopic (exact) mass is 468 g/mol. The highest BCUT2D eigenvalue weighted by molar-refractivity contribution is 6.10. The van der Waals surface area contributed by atoms with Crippen LogP contribution in [0.5, 0.6) is 5.75 Å². The van der Waals surface area contributed by atoms with Crippen LogP contribution in [0, 0.1) is 13.8 Å². The Morgan fingerprint density at radius 1 is 0.857 bits per heavy atom. The number of nitrogens with one attached hydrogen (secondary N) is 1. The molecule has 3 N–H and O–H groups in total. The van der Waals surface area contributed by atoms with Gasteiger partial charge in [0.25, 0.3) is 11.8 Å². The maximum atomic E-state index is 13.6. The molecule has 1 aromatic heterocycles. The molecule has 0 bridgehead atoms. The zero-order chi connectivity index (χ0) is 24.9. The first kappa shape index (κ1) is 23.4. The minimum absolute atomic E-state index is 0.0336. The van der Waals surface area contributed by atoms with Gasteiger partial charge < -0.3 is 10.5 Å². The van der Waals surface area contributed by atoms with Gasteiger partial charge in [-0.2, -0.15) is 15.0 Å². The van der Waals surface area contributed by atoms with Crippen LogP contribution in [0.2, 0.25) is 0 Å². The molecule has 9 nitrogen and oxygen atoms in total. The maximum absolute atomic E-state index is 13.6. The number of hydrogen-bond donors (Lipinski definition) is 2. The van der Waals surface area contributed by atoms with Gasteiger partial charge in [-0.3, -0.25) is 14.9 Å². The van der Waals surface area contributed by atoms with Crippen molar-refractivity contribution in [1.29, 1.82) is 0 Å². The van der Waals surface area contributed by atoms with E-state index in [4.69, 9.17) is 10.5 Å². The number of nitrogen functional groups attached to an aromatic ring is 1. The van der Waals surface area contributed by atoms with Crippen molar-refractivity contribution in [3.63, 3.8) is 0 Å². The number of amides is 2. The first-order valence-corrected chi connectivity index (χ1v) is 10.8. The van der Waals surface area contributed by atoms with E-state index in [1.54, 1.807) is 67.8 Å². The van der Waals surface area contributed by atoms with E-state index < -0.39 is 5.91 Å². The molecule has 0 aliphatic rings. The summed E-state index contributed by atoms with van der Waals surface area (Å²) in [6, 6.07) is 21.1. The summed E-state index contributed by atoms with van der Waals surface area (Å²) in [6.07, 6.45) is 0. The predicted molar refractivity (Wildman–Crippen MR) is 134 cm³/mol. The lowest BCUT2D eigenvalue weighted by Gasteiger charge is -2.22. The summed E-state index contributed by atoms with van der Waals surface area (Å²) < 4.78 is 5.24. The Kier molecular flexibility index (Phi) is 6.68. The Morgan fingerprint density at radius 2 is 1.49 bits per heavy atom. The number of carbonyl (C=O) groups is 2. The third-order valence-electron chi connectivity index (χ3n) is 5.15. The quantitative estimate of drug-likeness (QED) is 0.432. The van der Waals surface area contributed by atoms with Gasteiger partial charge in [0.05, 0.1) is 12.8 Å². The fraction of sp³-hybridized carbons (Fsp3) is 0.115. The number of aromatic nitrogens is 3. The first-order valence-electron chi connectivity index (χ1n) is 10.8. The van der Waals surface area contributed by atoms with Crippen LogP contribution < -0.4 is 20.7 Å². The number of hydrogen-bond acceptors (Lipinski definition) is 7. The lowest BCUT2D eigenvalue weighted by molar-refractivity contribution is 0.0996. The number of nitrogens with two attached hydrogens (primary N) is 1. The second kappa shape index (κ2) is 10.0. The van der Waals surface area contributed by atoms with Gasteiger partial charge in [-0.05, 0) is 62.4 Å². The van der Waals surface area contributed by atoms with E-state index in [9.17, 15) is 9.59 Å². The number of methoxy groups -OCH3 is 1. The van der Waals surface area contributed by atoms with Gasteiger partial charge in [-0.1, -0.05) is 35.4 Å². The molecule has 9 heteroatoms. The van der Waals surface area contributed by atoms with Crippen LogP contribution in [-0.4, -0.2) is 33.9 Å². The predicted octanol–water partition coefficient (Wildman–Crippen LogP) is 4.31. The normalized spacial score (nSPS) is 10.5. The van der Waals surface area contributed by atoms with Gasteiger partial charge >= 0.3 is 0 Å². The van der Waals surface area contributed by atoms with Crippen LogP contribution in [-0.2, 0) is 0 Å². The van der Waals surface area contributed by atoms with Crippen molar-refractivity contribution in [1.82, 2.24) is 15.0 Å². The Hall–Kier alpha value is -4.79. The molecule has 0 fully saturated rings. The SMILES string of the molecule is COc1ccc(N(C(=O)c2cccc(C)c2)c2nc(N)nc(NC(=O)c3cccc(C)c3)n2)cc1. The van der Waals surface area contributed by atoms with Crippen molar-refractivity contribution in [2.75, 3.05) is 23.1 Å². The maximum Gasteiger partial charge on any atom is 0.265 e. The molecule has 2 amide bonds. The summed E-state index contributed by atoms with van der Waals surface area (Å²) in [5, 5.41) is 2.64. The third kappa shape index (κ3) is 5.41. The van der Waals surface area contributed by atoms with Gasteiger partial charge in [0.2, 0.25) is 17.8 Å². The number of carbonyl (C=O) groups excluding carboxylic acids is 2. The number of rotatable bonds is 6. The van der Waals surface area contributed by atoms with Crippen molar-refractivity contribution in [2.45, 2.75) is 13.8 Å². The van der Waals surface area contributed by atoms with E-state index in [1.165, 1.54) is 4.90 Å². The molecule has 0 unspecified atom stereocenters. The summed E-state index contributed by atoms with van der Waals surface area (Å²) >= 11 is 0. The Labute approximate surface area is 202 Å². The lowest BCUT2D eigenvalue weighted by Crippen LogP contribution is -2.29. The minimum atomic E-state index is -0.411. The smallest absolute Gasteiger partial charge is 0.265 e. The number of ether oxygens (including phenoxy) is 1. The van der Waals surface area contributed by atoms with E-state index in [-0.39, 0.29) is 23.8 Å². The second-order valence-corrected chi connectivity index (χ2v) is 7.85. The molecule has 0 aliphatic carbocycles. The molecular formula is C26H24N6O3. The molecule has 35 heavy (non-hydrogen) atoms. The van der Waals surface area contributed by atoms with Crippen LogP contribution in [0.3, 0.4) is 0 Å². The number of anilines is 4. The van der Waals surface area contributed by atoms with Crippen LogP contribution in [0.15, 0.2) is 72.8 Å². The second-order valence-electron chi connectivity index (χ2n) is 7.85. The minimum Gasteiger partial charge on any atom is -0.497 e. The summed E-state index contributed by atoms with van der Waals surface area (Å²) in [5.74, 6) is -0.418. The molecule has 176 valence electrons. The fourth-order valence-electron chi connectivity index (χ4n) is 3.46. The largest absolute Gasteiger partial charge is 0.497 e. The average molecular weight is 469 g/mol. The van der Waals surface area contributed by atoms with E-state index in [0.29, 0.717) is 22.6 Å². The zero-order valence-corrected chi connectivity index (χ0v) is 19.5. The standard InChI is InChI=1S/C26H24N6O3/c1-16-6-4-8-18(14-16)22(33)28-25-29-24(27)30-26(31-25)32(20-10-12-21(35-3)13-11-20)23(34)19-9-5-7-17(2)15-19/h4-15H,1-3H3,(H3,27,28,29,30,31,33). The molecule has 0 saturated heterocycles. The van der Waals surface area contributed by atoms with Crippen molar-refractivity contribution in [2.24, 2.45) is 0 Å². The molecule has 0 atom stereocenters. The average Bonchev–Trinajstić information content (AvgIpc) is 2.84. The highest BCUT2D eigenvalue weighted by Crippen LogP contribution is 2.28. The Morgan fingerprint density at radius 3 is 2.11 bits per heavy atom. The summed E-state index contributed by atoms with van der Waals surface area (Å²) in [4.78, 5) is 40.3. The van der Waals surface area contributed by atoms with E-state index >= 15 is 0 Å². The summed E-state index contributed by atoms with van der Waals surface area (Å²) in [6.45, 7) is 3.79. The van der Waals surface area contributed by atoms with Gasteiger partial charge in [-0.25, -0.2) is 4.90 Å². The van der Waals surface area contributed by atoms with Crippen molar-refractivity contribution >= 4 is 35.3 Å². The molecule has 0 aliphatic heterocycles. The third-order valence-corrected chi connectivity index (χ3v) is 5.15. The van der Waals surface area contributed by atoms with Crippen LogP contribution in [0.25, 0.3) is 0 Å². The number of aryl methyl sites for hydroxylation is 2. The van der Waals surface area contributed by atoms with E-state index in [0.717, 1.165) is 11.1 Å². The van der Waals surface area contributed by atoms with Gasteiger partial charge in [-0.15, -0.1) is 0 Å². The lowest BCUT2D eigenvalue weighted by atomic mass is 10.1. The summed E-state index contributed by atoms with van der Waals surface area (Å²) in [7, 11) is 1.56. The van der Waals surface area contributed by atoms with Crippen LogP contribution in [0.4, 0.5) is 23.5 Å². The van der Waals surface area contributed by atoms with Gasteiger partial charge in [0.1, 0.15) is 5.75 Å². The topological polar surface area (TPSA) is 123 Å². The molecule has 0 spiro atoms. The van der Waals surface area contributed by atoms with Crippen LogP contribution in [0.1, 0.15) is 31.8 Å². The fourth-order valence-corrected chi connectivity index (χ4v) is 3.46. The molecule has 0 radical (unpaired) electrons. The van der Waals surface area contributed by atoms with E-state index in [1.807, 2.05) is 26.0 Å². The molecule has 0 saturated carbocycles.